The summed E-state index contributed by atoms with van der Waals surface area (Å²) in [4.78, 5) is 27.6. The van der Waals surface area contributed by atoms with Gasteiger partial charge in [0.25, 0.3) is 5.91 Å². The van der Waals surface area contributed by atoms with Crippen LogP contribution in [0.5, 0.6) is 0 Å². The van der Waals surface area contributed by atoms with E-state index in [0.717, 1.165) is 33.6 Å². The average Bonchev–Trinajstić information content (AvgIpc) is 3.54. The number of carbonyl (C=O) groups excluding carboxylic acids is 2. The van der Waals surface area contributed by atoms with Gasteiger partial charge in [0.1, 0.15) is 5.60 Å². The number of amides is 2. The number of benzene rings is 2. The second-order valence-corrected chi connectivity index (χ2v) is 11.8. The highest BCUT2D eigenvalue weighted by Gasteiger charge is 2.45. The van der Waals surface area contributed by atoms with Crippen LogP contribution in [0.25, 0.3) is 11.3 Å². The van der Waals surface area contributed by atoms with Gasteiger partial charge >= 0.3 is 6.09 Å². The van der Waals surface area contributed by atoms with E-state index in [0.29, 0.717) is 11.5 Å². The van der Waals surface area contributed by atoms with E-state index < -0.39 is 11.7 Å². The molecule has 202 valence electrons. The lowest BCUT2D eigenvalue weighted by Gasteiger charge is -2.29. The second kappa shape index (κ2) is 9.41. The molecule has 9 heteroatoms. The molecule has 39 heavy (non-hydrogen) atoms. The number of ether oxygens (including phenoxy) is 1. The molecule has 2 aromatic carbocycles. The van der Waals surface area contributed by atoms with E-state index >= 15 is 0 Å². The maximum Gasteiger partial charge on any atom is 0.413 e. The molecule has 0 aliphatic carbocycles. The standard InChI is InChI=1S/C30H33N5O4/c1-17-10-8-9-11-20(17)25-23-24(32-33-26(23)29(2,3)4)27(36)35(25)19-14-12-18(13-15-19)21-16-22(34-39-21)31-28(37)38-30(5,6)7/h8-16,25H,1-7H3,(H,32,33)(H,31,34,37). The normalized spacial score (nSPS) is 15.4. The van der Waals surface area contributed by atoms with Crippen LogP contribution in [0.15, 0.2) is 59.1 Å². The fourth-order valence-corrected chi connectivity index (χ4v) is 4.83. The number of nitrogens with one attached hydrogen (secondary N) is 2. The maximum atomic E-state index is 13.8. The Morgan fingerprint density at radius 1 is 1.05 bits per heavy atom. The van der Waals surface area contributed by atoms with Gasteiger partial charge in [0.2, 0.25) is 0 Å². The highest BCUT2D eigenvalue weighted by atomic mass is 16.6. The van der Waals surface area contributed by atoms with Crippen molar-refractivity contribution in [1.29, 1.82) is 0 Å². The number of hydrogen-bond acceptors (Lipinski definition) is 6. The molecule has 2 N–H and O–H groups in total. The molecule has 5 rings (SSSR count). The Bertz CT molecular complexity index is 1540. The monoisotopic (exact) mass is 527 g/mol. The molecule has 0 spiro atoms. The summed E-state index contributed by atoms with van der Waals surface area (Å²) >= 11 is 0. The Morgan fingerprint density at radius 3 is 2.38 bits per heavy atom. The minimum Gasteiger partial charge on any atom is -0.444 e. The molecule has 0 fully saturated rings. The van der Waals surface area contributed by atoms with Gasteiger partial charge in [-0.25, -0.2) is 4.79 Å². The van der Waals surface area contributed by atoms with Crippen molar-refractivity contribution in [3.63, 3.8) is 0 Å². The topological polar surface area (TPSA) is 113 Å². The van der Waals surface area contributed by atoms with Crippen molar-refractivity contribution >= 4 is 23.5 Å². The van der Waals surface area contributed by atoms with Gasteiger partial charge in [0.05, 0.1) is 6.04 Å². The number of aromatic nitrogens is 3. The predicted molar refractivity (Wildman–Crippen MR) is 149 cm³/mol. The van der Waals surface area contributed by atoms with Gasteiger partial charge in [-0.1, -0.05) is 50.2 Å². The van der Waals surface area contributed by atoms with E-state index in [9.17, 15) is 9.59 Å². The number of H-pyrrole nitrogens is 1. The molecular weight excluding hydrogens is 494 g/mol. The molecular formula is C30H33N5O4. The van der Waals surface area contributed by atoms with E-state index in [1.54, 1.807) is 26.8 Å². The molecule has 0 saturated heterocycles. The molecule has 1 aliphatic heterocycles. The van der Waals surface area contributed by atoms with Gasteiger partial charge in [0.15, 0.2) is 17.3 Å². The van der Waals surface area contributed by atoms with Crippen molar-refractivity contribution in [3.05, 3.63) is 82.7 Å². The van der Waals surface area contributed by atoms with Crippen molar-refractivity contribution < 1.29 is 18.8 Å². The summed E-state index contributed by atoms with van der Waals surface area (Å²) in [5.41, 5.74) is 5.09. The zero-order chi connectivity index (χ0) is 28.1. The van der Waals surface area contributed by atoms with Gasteiger partial charge in [-0.15, -0.1) is 0 Å². The first-order valence-electron chi connectivity index (χ1n) is 12.9. The highest BCUT2D eigenvalue weighted by molar-refractivity contribution is 6.11. The summed E-state index contributed by atoms with van der Waals surface area (Å²) < 4.78 is 10.7. The first-order valence-corrected chi connectivity index (χ1v) is 12.9. The number of fused-ring (bicyclic) bond motifs is 1. The molecule has 1 unspecified atom stereocenters. The largest absolute Gasteiger partial charge is 0.444 e. The van der Waals surface area contributed by atoms with E-state index in [1.165, 1.54) is 0 Å². The van der Waals surface area contributed by atoms with Crippen LogP contribution in [0.4, 0.5) is 16.3 Å². The fraction of sp³-hybridized carbons (Fsp3) is 0.333. The molecule has 9 nitrogen and oxygen atoms in total. The smallest absolute Gasteiger partial charge is 0.413 e. The van der Waals surface area contributed by atoms with E-state index in [2.05, 4.69) is 60.5 Å². The third-order valence-corrected chi connectivity index (χ3v) is 6.56. The Hall–Kier alpha value is -4.40. The molecule has 2 amide bonds. The van der Waals surface area contributed by atoms with Crippen molar-refractivity contribution in [3.8, 4) is 11.3 Å². The van der Waals surface area contributed by atoms with Gasteiger partial charge < -0.3 is 9.26 Å². The van der Waals surface area contributed by atoms with Crippen molar-refractivity contribution in [1.82, 2.24) is 15.4 Å². The second-order valence-electron chi connectivity index (χ2n) is 11.8. The molecule has 1 aliphatic rings. The van der Waals surface area contributed by atoms with Gasteiger partial charge in [-0.05, 0) is 63.1 Å². The molecule has 3 heterocycles. The zero-order valence-electron chi connectivity index (χ0n) is 23.2. The summed E-state index contributed by atoms with van der Waals surface area (Å²) in [6.45, 7) is 13.8. The number of aromatic amines is 1. The summed E-state index contributed by atoms with van der Waals surface area (Å²) in [7, 11) is 0. The van der Waals surface area contributed by atoms with Crippen molar-refractivity contribution in [2.24, 2.45) is 0 Å². The van der Waals surface area contributed by atoms with Crippen molar-refractivity contribution in [2.45, 2.75) is 65.5 Å². The first-order chi connectivity index (χ1) is 18.3. The third-order valence-electron chi connectivity index (χ3n) is 6.56. The van der Waals surface area contributed by atoms with Crippen molar-refractivity contribution in [2.75, 3.05) is 10.2 Å². The average molecular weight is 528 g/mol. The Morgan fingerprint density at radius 2 is 1.74 bits per heavy atom. The SMILES string of the molecule is Cc1ccccc1C1c2c(n[nH]c2C(C)(C)C)C(=O)N1c1ccc(-c2cc(NC(=O)OC(C)(C)C)no2)cc1. The summed E-state index contributed by atoms with van der Waals surface area (Å²) in [5, 5.41) is 14.1. The Balaban J connectivity index is 1.47. The summed E-state index contributed by atoms with van der Waals surface area (Å²) in [6.07, 6.45) is -0.612. The molecule has 2 aromatic heterocycles. The molecule has 0 bridgehead atoms. The van der Waals surface area contributed by atoms with Crippen LogP contribution in [-0.2, 0) is 10.2 Å². The van der Waals surface area contributed by atoms with Crippen LogP contribution >= 0.6 is 0 Å². The molecule has 4 aromatic rings. The predicted octanol–water partition coefficient (Wildman–Crippen LogP) is 6.77. The Kier molecular flexibility index (Phi) is 6.33. The number of nitrogens with zero attached hydrogens (tertiary/aromatic N) is 3. The van der Waals surface area contributed by atoms with Crippen LogP contribution in [0.1, 0.15) is 80.5 Å². The lowest BCUT2D eigenvalue weighted by atomic mass is 9.85. The lowest BCUT2D eigenvalue weighted by Crippen LogP contribution is -2.30. The summed E-state index contributed by atoms with van der Waals surface area (Å²) in [5.74, 6) is 0.567. The lowest BCUT2D eigenvalue weighted by molar-refractivity contribution is 0.0634. The minimum atomic E-state index is -0.626. The minimum absolute atomic E-state index is 0.152. The van der Waals surface area contributed by atoms with Crippen LogP contribution in [0, 0.1) is 6.92 Å². The third kappa shape index (κ3) is 5.04. The molecule has 0 saturated carbocycles. The van der Waals surface area contributed by atoms with Crippen LogP contribution in [0.2, 0.25) is 0 Å². The van der Waals surface area contributed by atoms with Crippen LogP contribution < -0.4 is 10.2 Å². The van der Waals surface area contributed by atoms with Gasteiger partial charge in [-0.2, -0.15) is 5.10 Å². The van der Waals surface area contributed by atoms with Crippen LogP contribution in [0.3, 0.4) is 0 Å². The van der Waals surface area contributed by atoms with Crippen LogP contribution in [-0.4, -0.2) is 33.0 Å². The number of anilines is 2. The van der Waals surface area contributed by atoms with Gasteiger partial charge in [0, 0.05) is 34.0 Å². The first kappa shape index (κ1) is 26.2. The molecule has 1 atom stereocenters. The van der Waals surface area contributed by atoms with E-state index in [1.807, 2.05) is 41.3 Å². The number of hydrogen-bond donors (Lipinski definition) is 2. The Labute approximate surface area is 227 Å². The van der Waals surface area contributed by atoms with E-state index in [4.69, 9.17) is 9.26 Å². The zero-order valence-corrected chi connectivity index (χ0v) is 23.2. The van der Waals surface area contributed by atoms with Gasteiger partial charge in [-0.3, -0.25) is 20.1 Å². The maximum absolute atomic E-state index is 13.8. The number of carbonyl (C=O) groups is 2. The molecule has 0 radical (unpaired) electrons. The summed E-state index contributed by atoms with van der Waals surface area (Å²) in [6, 6.07) is 16.9. The number of rotatable bonds is 4. The van der Waals surface area contributed by atoms with E-state index in [-0.39, 0.29) is 23.2 Å². The number of aryl methyl sites for hydroxylation is 1. The highest BCUT2D eigenvalue weighted by Crippen LogP contribution is 2.46. The quantitative estimate of drug-likeness (QED) is 0.303. The fourth-order valence-electron chi connectivity index (χ4n) is 4.83.